The smallest absolute Gasteiger partial charge is 0.339 e. The van der Waals surface area contributed by atoms with Crippen LogP contribution in [0.25, 0.3) is 0 Å². The van der Waals surface area contributed by atoms with E-state index in [9.17, 15) is 31.2 Å². The predicted molar refractivity (Wildman–Crippen MR) is 109 cm³/mol. The number of carbonyl (C=O) groups is 2. The highest BCUT2D eigenvalue weighted by molar-refractivity contribution is 7.91. The number of alkyl halides is 3. The number of sulfone groups is 1. The zero-order chi connectivity index (χ0) is 22.8. The third-order valence-corrected chi connectivity index (χ3v) is 7.60. The normalized spacial score (nSPS) is 21.6. The number of halogens is 3. The van der Waals surface area contributed by atoms with Gasteiger partial charge in [-0.25, -0.2) is 8.42 Å². The lowest BCUT2D eigenvalue weighted by molar-refractivity contribution is -0.138. The summed E-state index contributed by atoms with van der Waals surface area (Å²) in [6.07, 6.45) is -1.65. The van der Waals surface area contributed by atoms with Crippen LogP contribution in [0.4, 0.5) is 13.2 Å². The summed E-state index contributed by atoms with van der Waals surface area (Å²) in [6.45, 7) is 4.54. The Balaban J connectivity index is 1.60. The van der Waals surface area contributed by atoms with Gasteiger partial charge in [0.05, 0.1) is 17.1 Å². The van der Waals surface area contributed by atoms with Crippen LogP contribution in [0.5, 0.6) is 0 Å². The molecule has 0 spiro atoms. The quantitative estimate of drug-likeness (QED) is 0.636. The first-order valence-electron chi connectivity index (χ1n) is 10.1. The summed E-state index contributed by atoms with van der Waals surface area (Å²) in [7, 11) is -3.14. The maximum atomic E-state index is 13.0. The molecule has 0 aliphatic carbocycles. The molecule has 1 aromatic carbocycles. The topological polar surface area (TPSA) is 74.8 Å². The molecule has 1 atom stereocenters. The van der Waals surface area contributed by atoms with Crippen molar-refractivity contribution >= 4 is 21.7 Å². The molecule has 2 saturated heterocycles. The van der Waals surface area contributed by atoms with Crippen LogP contribution in [0.1, 0.15) is 35.2 Å². The lowest BCUT2D eigenvalue weighted by atomic mass is 9.94. The van der Waals surface area contributed by atoms with Crippen LogP contribution in [0, 0.1) is 5.92 Å². The average molecular weight is 459 g/mol. The molecule has 0 aromatic heterocycles. The second-order valence-corrected chi connectivity index (χ2v) is 10.2. The maximum Gasteiger partial charge on any atom is 0.416 e. The molecular formula is C21H25F3N2O4S. The van der Waals surface area contributed by atoms with Gasteiger partial charge in [-0.3, -0.25) is 9.59 Å². The monoisotopic (exact) mass is 458 g/mol. The van der Waals surface area contributed by atoms with Crippen molar-refractivity contribution < 1.29 is 31.2 Å². The zero-order valence-electron chi connectivity index (χ0n) is 17.0. The van der Waals surface area contributed by atoms with E-state index >= 15 is 0 Å². The predicted octanol–water partition coefficient (Wildman–Crippen LogP) is 2.76. The van der Waals surface area contributed by atoms with Crippen LogP contribution in [-0.2, 0) is 20.8 Å². The van der Waals surface area contributed by atoms with Crippen molar-refractivity contribution in [3.05, 3.63) is 48.0 Å². The van der Waals surface area contributed by atoms with E-state index in [0.717, 1.165) is 24.3 Å². The molecule has 0 radical (unpaired) electrons. The van der Waals surface area contributed by atoms with Crippen molar-refractivity contribution in [1.29, 1.82) is 0 Å². The van der Waals surface area contributed by atoms with E-state index in [0.29, 0.717) is 32.4 Å². The van der Waals surface area contributed by atoms with Crippen molar-refractivity contribution in [3.8, 4) is 0 Å². The van der Waals surface area contributed by atoms with Crippen molar-refractivity contribution in [1.82, 2.24) is 9.80 Å². The standard InChI is InChI=1S/C21H25F3N2O4S/c1-2-10-26(18-9-13-31(29,30)14-18)20(28)16-7-11-25(12-8-16)19(27)15-3-5-17(6-4-15)21(22,23)24/h2-6,16,18H,1,7-14H2. The summed E-state index contributed by atoms with van der Waals surface area (Å²) in [4.78, 5) is 28.8. The molecule has 2 aliphatic rings. The average Bonchev–Trinajstić information content (AvgIpc) is 3.10. The molecule has 0 saturated carbocycles. The van der Waals surface area contributed by atoms with Gasteiger partial charge in [0.1, 0.15) is 0 Å². The van der Waals surface area contributed by atoms with Crippen LogP contribution in [0.2, 0.25) is 0 Å². The molecule has 6 nitrogen and oxygen atoms in total. The second kappa shape index (κ2) is 9.02. The summed E-state index contributed by atoms with van der Waals surface area (Å²) >= 11 is 0. The van der Waals surface area contributed by atoms with Crippen molar-refractivity contribution in [2.75, 3.05) is 31.1 Å². The zero-order valence-corrected chi connectivity index (χ0v) is 17.8. The molecule has 170 valence electrons. The first-order valence-corrected chi connectivity index (χ1v) is 11.9. The molecule has 10 heteroatoms. The molecule has 3 rings (SSSR count). The number of nitrogens with zero attached hydrogens (tertiary/aromatic N) is 2. The Labute approximate surface area is 179 Å². The maximum absolute atomic E-state index is 13.0. The fourth-order valence-electron chi connectivity index (χ4n) is 4.13. The minimum atomic E-state index is -4.46. The Bertz CT molecular complexity index is 936. The molecular weight excluding hydrogens is 433 g/mol. The lowest BCUT2D eigenvalue weighted by Crippen LogP contribution is -2.48. The third kappa shape index (κ3) is 5.47. The second-order valence-electron chi connectivity index (χ2n) is 7.98. The minimum absolute atomic E-state index is 0.0438. The van der Waals surface area contributed by atoms with Gasteiger partial charge < -0.3 is 9.80 Å². The Morgan fingerprint density at radius 3 is 2.23 bits per heavy atom. The summed E-state index contributed by atoms with van der Waals surface area (Å²) in [6, 6.07) is 3.73. The van der Waals surface area contributed by atoms with Crippen LogP contribution < -0.4 is 0 Å². The van der Waals surface area contributed by atoms with E-state index in [1.165, 1.54) is 4.90 Å². The number of hydrogen-bond acceptors (Lipinski definition) is 4. The third-order valence-electron chi connectivity index (χ3n) is 5.85. The molecule has 1 unspecified atom stereocenters. The first kappa shape index (κ1) is 23.3. The van der Waals surface area contributed by atoms with Gasteiger partial charge in [-0.05, 0) is 43.5 Å². The molecule has 31 heavy (non-hydrogen) atoms. The molecule has 0 N–H and O–H groups in total. The van der Waals surface area contributed by atoms with Gasteiger partial charge in [-0.2, -0.15) is 13.2 Å². The highest BCUT2D eigenvalue weighted by atomic mass is 32.2. The van der Waals surface area contributed by atoms with Crippen LogP contribution >= 0.6 is 0 Å². The number of carbonyl (C=O) groups excluding carboxylic acids is 2. The van der Waals surface area contributed by atoms with Gasteiger partial charge in [-0.15, -0.1) is 6.58 Å². The molecule has 2 fully saturated rings. The number of rotatable bonds is 5. The summed E-state index contributed by atoms with van der Waals surface area (Å²) in [5.41, 5.74) is -0.646. The van der Waals surface area contributed by atoms with Crippen molar-refractivity contribution in [2.45, 2.75) is 31.5 Å². The van der Waals surface area contributed by atoms with Crippen LogP contribution in [0.3, 0.4) is 0 Å². The van der Waals surface area contributed by atoms with Gasteiger partial charge in [-0.1, -0.05) is 6.08 Å². The van der Waals surface area contributed by atoms with Crippen LogP contribution in [0.15, 0.2) is 36.9 Å². The van der Waals surface area contributed by atoms with E-state index < -0.39 is 21.6 Å². The number of benzene rings is 1. The number of piperidine rings is 1. The number of likely N-dealkylation sites (tertiary alicyclic amines) is 1. The van der Waals surface area contributed by atoms with E-state index in [-0.39, 0.29) is 47.4 Å². The van der Waals surface area contributed by atoms with Gasteiger partial charge in [0.25, 0.3) is 5.91 Å². The Morgan fingerprint density at radius 2 is 1.74 bits per heavy atom. The Hall–Kier alpha value is -2.36. The van der Waals surface area contributed by atoms with Gasteiger partial charge in [0.2, 0.25) is 5.91 Å². The lowest BCUT2D eigenvalue weighted by Gasteiger charge is -2.36. The SMILES string of the molecule is C=CCN(C(=O)C1CCN(C(=O)c2ccc(C(F)(F)F)cc2)CC1)C1CCS(=O)(=O)C1. The largest absolute Gasteiger partial charge is 0.416 e. The summed E-state index contributed by atoms with van der Waals surface area (Å²) in [5, 5.41) is 0. The van der Waals surface area contributed by atoms with Gasteiger partial charge in [0.15, 0.2) is 9.84 Å². The minimum Gasteiger partial charge on any atom is -0.339 e. The highest BCUT2D eigenvalue weighted by Gasteiger charge is 2.38. The highest BCUT2D eigenvalue weighted by Crippen LogP contribution is 2.30. The van der Waals surface area contributed by atoms with E-state index in [1.54, 1.807) is 11.0 Å². The van der Waals surface area contributed by atoms with E-state index in [2.05, 4.69) is 6.58 Å². The van der Waals surface area contributed by atoms with E-state index in [4.69, 9.17) is 0 Å². The first-order chi connectivity index (χ1) is 14.5. The molecule has 2 heterocycles. The van der Waals surface area contributed by atoms with E-state index in [1.807, 2.05) is 0 Å². The van der Waals surface area contributed by atoms with Gasteiger partial charge >= 0.3 is 6.18 Å². The number of amides is 2. The Morgan fingerprint density at radius 1 is 1.13 bits per heavy atom. The van der Waals surface area contributed by atoms with Crippen molar-refractivity contribution in [2.24, 2.45) is 5.92 Å². The Kier molecular flexibility index (Phi) is 6.78. The summed E-state index contributed by atoms with van der Waals surface area (Å²) < 4.78 is 61.7. The fourth-order valence-corrected chi connectivity index (χ4v) is 5.86. The molecule has 1 aromatic rings. The molecule has 0 bridgehead atoms. The van der Waals surface area contributed by atoms with Crippen molar-refractivity contribution in [3.63, 3.8) is 0 Å². The fraction of sp³-hybridized carbons (Fsp3) is 0.524. The summed E-state index contributed by atoms with van der Waals surface area (Å²) in [5.74, 6) is -0.816. The molecule has 2 amide bonds. The van der Waals surface area contributed by atoms with Crippen LogP contribution in [-0.4, -0.2) is 67.2 Å². The van der Waals surface area contributed by atoms with Gasteiger partial charge in [0, 0.05) is 37.2 Å². The number of hydrogen-bond donors (Lipinski definition) is 0. The molecule has 2 aliphatic heterocycles.